The van der Waals surface area contributed by atoms with Gasteiger partial charge in [-0.25, -0.2) is 0 Å². The van der Waals surface area contributed by atoms with Crippen LogP contribution in [-0.4, -0.2) is 26.4 Å². The summed E-state index contributed by atoms with van der Waals surface area (Å²) in [7, 11) is 0. The number of anilines is 1. The summed E-state index contributed by atoms with van der Waals surface area (Å²) >= 11 is 7.50. The van der Waals surface area contributed by atoms with E-state index in [4.69, 9.17) is 11.6 Å². The highest BCUT2D eigenvalue weighted by Gasteiger charge is 2.16. The fourth-order valence-corrected chi connectivity index (χ4v) is 4.13. The molecule has 3 aromatic carbocycles. The van der Waals surface area contributed by atoms with Crippen molar-refractivity contribution >= 4 is 35.0 Å². The molecule has 0 spiro atoms. The minimum atomic E-state index is -0.123. The Morgan fingerprint density at radius 3 is 2.42 bits per heavy atom. The first-order valence-electron chi connectivity index (χ1n) is 9.83. The minimum absolute atomic E-state index is 0.123. The second kappa shape index (κ2) is 9.81. The smallest absolute Gasteiger partial charge is 0.234 e. The Bertz CT molecular complexity index is 1180. The Morgan fingerprint density at radius 1 is 0.968 bits per heavy atom. The molecule has 0 aliphatic heterocycles. The van der Waals surface area contributed by atoms with Crippen molar-refractivity contribution in [2.24, 2.45) is 0 Å². The van der Waals surface area contributed by atoms with Gasteiger partial charge in [-0.3, -0.25) is 9.36 Å². The summed E-state index contributed by atoms with van der Waals surface area (Å²) in [4.78, 5) is 12.6. The van der Waals surface area contributed by atoms with Gasteiger partial charge in [0.05, 0.1) is 5.75 Å². The van der Waals surface area contributed by atoms with Gasteiger partial charge in [-0.2, -0.15) is 0 Å². The van der Waals surface area contributed by atoms with Crippen molar-refractivity contribution in [2.45, 2.75) is 18.5 Å². The zero-order valence-corrected chi connectivity index (χ0v) is 18.5. The van der Waals surface area contributed by atoms with Crippen LogP contribution in [0.15, 0.2) is 84.0 Å². The molecular formula is C24H21ClN4OS. The highest BCUT2D eigenvalue weighted by atomic mass is 35.5. The van der Waals surface area contributed by atoms with Crippen molar-refractivity contribution in [3.05, 3.63) is 101 Å². The lowest BCUT2D eigenvalue weighted by atomic mass is 10.1. The Hall–Kier alpha value is -3.09. The molecular weight excluding hydrogens is 428 g/mol. The summed E-state index contributed by atoms with van der Waals surface area (Å²) < 4.78 is 2.01. The van der Waals surface area contributed by atoms with Gasteiger partial charge in [0.1, 0.15) is 5.82 Å². The Labute approximate surface area is 190 Å². The van der Waals surface area contributed by atoms with Gasteiger partial charge >= 0.3 is 0 Å². The third kappa shape index (κ3) is 5.16. The molecule has 0 bridgehead atoms. The summed E-state index contributed by atoms with van der Waals surface area (Å²) in [5.74, 6) is 0.913. The van der Waals surface area contributed by atoms with Crippen LogP contribution in [0.1, 0.15) is 17.0 Å². The van der Waals surface area contributed by atoms with E-state index in [0.717, 1.165) is 22.6 Å². The average molecular weight is 449 g/mol. The van der Waals surface area contributed by atoms with Gasteiger partial charge in [0.15, 0.2) is 5.16 Å². The number of halogens is 1. The van der Waals surface area contributed by atoms with Crippen LogP contribution < -0.4 is 5.32 Å². The van der Waals surface area contributed by atoms with Crippen molar-refractivity contribution < 1.29 is 4.79 Å². The van der Waals surface area contributed by atoms with Gasteiger partial charge < -0.3 is 5.32 Å². The van der Waals surface area contributed by atoms with Crippen LogP contribution in [0.25, 0.3) is 5.69 Å². The second-order valence-electron chi connectivity index (χ2n) is 6.98. The first-order chi connectivity index (χ1) is 15.1. The van der Waals surface area contributed by atoms with Crippen LogP contribution >= 0.6 is 23.4 Å². The van der Waals surface area contributed by atoms with Gasteiger partial charge in [0.2, 0.25) is 5.91 Å². The monoisotopic (exact) mass is 448 g/mol. The van der Waals surface area contributed by atoms with Crippen LogP contribution in [0.5, 0.6) is 0 Å². The fraction of sp³-hybridized carbons (Fsp3) is 0.125. The minimum Gasteiger partial charge on any atom is -0.325 e. The number of carbonyl (C=O) groups is 1. The molecule has 4 aromatic rings. The zero-order valence-electron chi connectivity index (χ0n) is 17.0. The lowest BCUT2D eigenvalue weighted by molar-refractivity contribution is -0.113. The number of rotatable bonds is 7. The van der Waals surface area contributed by atoms with E-state index in [1.54, 1.807) is 6.07 Å². The number of nitrogens with one attached hydrogen (secondary N) is 1. The van der Waals surface area contributed by atoms with E-state index >= 15 is 0 Å². The Morgan fingerprint density at radius 2 is 1.68 bits per heavy atom. The first kappa shape index (κ1) is 21.2. The molecule has 0 saturated heterocycles. The molecule has 156 valence electrons. The van der Waals surface area contributed by atoms with E-state index in [9.17, 15) is 4.79 Å². The lowest BCUT2D eigenvalue weighted by Crippen LogP contribution is -2.15. The van der Waals surface area contributed by atoms with Crippen molar-refractivity contribution in [3.8, 4) is 5.69 Å². The zero-order chi connectivity index (χ0) is 21.6. The quantitative estimate of drug-likeness (QED) is 0.376. The van der Waals surface area contributed by atoms with E-state index in [-0.39, 0.29) is 11.7 Å². The highest BCUT2D eigenvalue weighted by molar-refractivity contribution is 7.99. The van der Waals surface area contributed by atoms with Crippen molar-refractivity contribution in [3.63, 3.8) is 0 Å². The molecule has 0 unspecified atom stereocenters. The third-order valence-electron chi connectivity index (χ3n) is 4.79. The largest absolute Gasteiger partial charge is 0.325 e. The second-order valence-corrected chi connectivity index (χ2v) is 8.33. The molecule has 1 aromatic heterocycles. The number of hydrogen-bond donors (Lipinski definition) is 1. The average Bonchev–Trinajstić information content (AvgIpc) is 3.19. The number of benzene rings is 3. The van der Waals surface area contributed by atoms with E-state index in [0.29, 0.717) is 22.3 Å². The van der Waals surface area contributed by atoms with Crippen molar-refractivity contribution in [1.82, 2.24) is 14.8 Å². The summed E-state index contributed by atoms with van der Waals surface area (Å²) in [5.41, 5.74) is 3.68. The van der Waals surface area contributed by atoms with Gasteiger partial charge in [0.25, 0.3) is 0 Å². The van der Waals surface area contributed by atoms with Crippen molar-refractivity contribution in [2.75, 3.05) is 11.1 Å². The molecule has 31 heavy (non-hydrogen) atoms. The maximum atomic E-state index is 12.6. The van der Waals surface area contributed by atoms with E-state index in [1.807, 2.05) is 72.2 Å². The molecule has 7 heteroatoms. The number of nitrogens with zero attached hydrogens (tertiary/aromatic N) is 3. The molecule has 0 radical (unpaired) electrons. The number of amides is 1. The Balaban J connectivity index is 1.54. The van der Waals surface area contributed by atoms with Crippen LogP contribution in [0.2, 0.25) is 5.02 Å². The van der Waals surface area contributed by atoms with Crippen LogP contribution in [0, 0.1) is 6.92 Å². The first-order valence-corrected chi connectivity index (χ1v) is 11.2. The summed E-state index contributed by atoms with van der Waals surface area (Å²) in [6.45, 7) is 1.88. The van der Waals surface area contributed by atoms with E-state index < -0.39 is 0 Å². The maximum Gasteiger partial charge on any atom is 0.234 e. The van der Waals surface area contributed by atoms with Crippen LogP contribution in [0.4, 0.5) is 5.69 Å². The molecule has 0 aliphatic carbocycles. The number of para-hydroxylation sites is 1. The van der Waals surface area contributed by atoms with Crippen LogP contribution in [-0.2, 0) is 11.2 Å². The van der Waals surface area contributed by atoms with Gasteiger partial charge in [-0.15, -0.1) is 10.2 Å². The molecule has 1 amide bonds. The van der Waals surface area contributed by atoms with Gasteiger partial charge in [-0.1, -0.05) is 78.0 Å². The molecule has 0 aliphatic rings. The third-order valence-corrected chi connectivity index (χ3v) is 6.13. The van der Waals surface area contributed by atoms with Crippen LogP contribution in [0.3, 0.4) is 0 Å². The maximum absolute atomic E-state index is 12.6. The standard InChI is InChI=1S/C24H21ClN4OS/c1-17-20(25)13-8-14-21(17)26-23(30)16-31-24-28-27-22(15-18-9-4-2-5-10-18)29(24)19-11-6-3-7-12-19/h2-14H,15-16H2,1H3,(H,26,30). The summed E-state index contributed by atoms with van der Waals surface area (Å²) in [5, 5.41) is 13.0. The van der Waals surface area contributed by atoms with Crippen molar-refractivity contribution in [1.29, 1.82) is 0 Å². The Kier molecular flexibility index (Phi) is 6.70. The molecule has 1 N–H and O–H groups in total. The molecule has 0 fully saturated rings. The lowest BCUT2D eigenvalue weighted by Gasteiger charge is -2.11. The molecule has 1 heterocycles. The normalized spacial score (nSPS) is 10.8. The molecule has 4 rings (SSSR count). The molecule has 0 atom stereocenters. The number of hydrogen-bond acceptors (Lipinski definition) is 4. The van der Waals surface area contributed by atoms with E-state index in [2.05, 4.69) is 27.6 Å². The predicted molar refractivity (Wildman–Crippen MR) is 126 cm³/mol. The SMILES string of the molecule is Cc1c(Cl)cccc1NC(=O)CSc1nnc(Cc2ccccc2)n1-c1ccccc1. The summed E-state index contributed by atoms with van der Waals surface area (Å²) in [6.07, 6.45) is 0.650. The topological polar surface area (TPSA) is 59.8 Å². The number of thioether (sulfide) groups is 1. The number of aromatic nitrogens is 3. The predicted octanol–water partition coefficient (Wildman–Crippen LogP) is 5.55. The highest BCUT2D eigenvalue weighted by Crippen LogP contribution is 2.25. The van der Waals surface area contributed by atoms with Gasteiger partial charge in [0, 0.05) is 22.8 Å². The van der Waals surface area contributed by atoms with Gasteiger partial charge in [-0.05, 0) is 42.3 Å². The fourth-order valence-electron chi connectivity index (χ4n) is 3.18. The van der Waals surface area contributed by atoms with E-state index in [1.165, 1.54) is 11.8 Å². The molecule has 5 nitrogen and oxygen atoms in total. The number of carbonyl (C=O) groups excluding carboxylic acids is 1. The summed E-state index contributed by atoms with van der Waals surface area (Å²) in [6, 6.07) is 25.6. The molecule has 0 saturated carbocycles.